The molecule has 0 bridgehead atoms. The highest BCUT2D eigenvalue weighted by atomic mass is 32.1. The molecule has 2 aromatic heterocycles. The molecular formula is C62H43NS. The summed E-state index contributed by atoms with van der Waals surface area (Å²) in [4.78, 5) is 5.28. The molecule has 3 unspecified atom stereocenters. The summed E-state index contributed by atoms with van der Waals surface area (Å²) in [5.41, 5.74) is 21.3. The zero-order valence-corrected chi connectivity index (χ0v) is 36.8. The summed E-state index contributed by atoms with van der Waals surface area (Å²) < 4.78 is 2.74. The molecule has 4 aliphatic rings. The number of benzene rings is 8. The van der Waals surface area contributed by atoms with Gasteiger partial charge in [0.1, 0.15) is 0 Å². The molecule has 0 radical (unpaired) electrons. The van der Waals surface area contributed by atoms with Crippen LogP contribution in [0.2, 0.25) is 0 Å². The first-order valence-electron chi connectivity index (χ1n) is 22.6. The SMILES string of the molecule is CC1(C)c2ccccc2-c2ccc(-c3cc(-c4ccc(-c5ccc6c(c5)C5(c7ccccc7C7C=CC=CC75C)c5ccc7c(sc8ccccc87)c5-6)cc4)nc4ccccc34)cc21. The van der Waals surface area contributed by atoms with Gasteiger partial charge in [0.25, 0.3) is 0 Å². The molecule has 1 nitrogen and oxygen atoms in total. The molecule has 64 heavy (non-hydrogen) atoms. The minimum absolute atomic E-state index is 0.0704. The first-order chi connectivity index (χ1) is 31.3. The third-order valence-electron chi connectivity index (χ3n) is 15.8. The van der Waals surface area contributed by atoms with Gasteiger partial charge < -0.3 is 0 Å². The molecule has 8 aromatic carbocycles. The Labute approximate surface area is 377 Å². The molecule has 10 aromatic rings. The van der Waals surface area contributed by atoms with Gasteiger partial charge >= 0.3 is 0 Å². The summed E-state index contributed by atoms with van der Waals surface area (Å²) in [6.45, 7) is 7.23. The van der Waals surface area contributed by atoms with E-state index in [0.717, 1.165) is 16.8 Å². The number of aromatic nitrogens is 1. The molecule has 4 aliphatic carbocycles. The van der Waals surface area contributed by atoms with Gasteiger partial charge in [0.15, 0.2) is 0 Å². The van der Waals surface area contributed by atoms with Gasteiger partial charge in [0, 0.05) is 53.4 Å². The Morgan fingerprint density at radius 1 is 0.469 bits per heavy atom. The van der Waals surface area contributed by atoms with E-state index in [9.17, 15) is 0 Å². The molecule has 2 heteroatoms. The maximum Gasteiger partial charge on any atom is 0.0715 e. The molecule has 3 atom stereocenters. The monoisotopic (exact) mass is 833 g/mol. The standard InChI is InChI=1S/C62H43NS/c1-60(2)49-18-8-4-14-41(49)42-29-28-40(35-53(42)60)48-36-56(63-55-21-10-6-15-43(48)55)38-25-23-37(24-26-38)39-27-30-47-54(34-39)62(51-20-9-5-17-46(51)50-19-12-13-33-61(50,62)3)52-32-31-45-44-16-7-11-22-57(44)64-59(45)58(47)52/h4-36,50H,1-3H3. The molecule has 0 saturated heterocycles. The van der Waals surface area contributed by atoms with Gasteiger partial charge in [-0.1, -0.05) is 191 Å². The van der Waals surface area contributed by atoms with Crippen molar-refractivity contribution in [2.75, 3.05) is 0 Å². The van der Waals surface area contributed by atoms with Crippen LogP contribution in [0.5, 0.6) is 0 Å². The number of hydrogen-bond acceptors (Lipinski definition) is 2. The maximum atomic E-state index is 5.28. The zero-order valence-electron chi connectivity index (χ0n) is 36.0. The summed E-state index contributed by atoms with van der Waals surface area (Å²) in [7, 11) is 0. The number of pyridine rings is 1. The predicted octanol–water partition coefficient (Wildman–Crippen LogP) is 16.5. The normalized spacial score (nSPS) is 20.4. The minimum atomic E-state index is -0.360. The van der Waals surface area contributed by atoms with Crippen molar-refractivity contribution in [2.45, 2.75) is 37.5 Å². The third kappa shape index (κ3) is 4.56. The van der Waals surface area contributed by atoms with Crippen molar-refractivity contribution in [2.24, 2.45) is 5.41 Å². The van der Waals surface area contributed by atoms with E-state index in [-0.39, 0.29) is 22.2 Å². The van der Waals surface area contributed by atoms with Crippen molar-refractivity contribution in [3.8, 4) is 55.8 Å². The smallest absolute Gasteiger partial charge is 0.0715 e. The number of hydrogen-bond donors (Lipinski definition) is 0. The quantitative estimate of drug-likeness (QED) is 0.173. The van der Waals surface area contributed by atoms with Crippen LogP contribution in [0.1, 0.15) is 60.1 Å². The van der Waals surface area contributed by atoms with E-state index in [0.29, 0.717) is 0 Å². The fourth-order valence-corrected chi connectivity index (χ4v) is 14.1. The van der Waals surface area contributed by atoms with Crippen molar-refractivity contribution < 1.29 is 0 Å². The zero-order chi connectivity index (χ0) is 42.5. The Hall–Kier alpha value is -7.13. The first kappa shape index (κ1) is 36.4. The lowest BCUT2D eigenvalue weighted by molar-refractivity contribution is 0.294. The average Bonchev–Trinajstić information content (AvgIpc) is 4.01. The lowest BCUT2D eigenvalue weighted by Gasteiger charge is -2.45. The number of fused-ring (bicyclic) bond motifs is 18. The van der Waals surface area contributed by atoms with Gasteiger partial charge in [-0.25, -0.2) is 4.98 Å². The molecule has 0 amide bonds. The maximum absolute atomic E-state index is 5.28. The summed E-state index contributed by atoms with van der Waals surface area (Å²) in [6, 6.07) is 66.4. The second-order valence-corrected chi connectivity index (χ2v) is 20.2. The van der Waals surface area contributed by atoms with E-state index in [1.54, 1.807) is 0 Å². The summed E-state index contributed by atoms with van der Waals surface area (Å²) in [6.07, 6.45) is 9.51. The van der Waals surface area contributed by atoms with Crippen LogP contribution in [-0.4, -0.2) is 4.98 Å². The fraction of sp³-hybridized carbons (Fsp3) is 0.113. The van der Waals surface area contributed by atoms with E-state index in [1.165, 1.54) is 103 Å². The van der Waals surface area contributed by atoms with Crippen LogP contribution in [0.25, 0.3) is 86.8 Å². The fourth-order valence-electron chi connectivity index (χ4n) is 12.8. The number of para-hydroxylation sites is 1. The third-order valence-corrected chi connectivity index (χ3v) is 17.0. The van der Waals surface area contributed by atoms with Crippen molar-refractivity contribution in [3.63, 3.8) is 0 Å². The molecular weight excluding hydrogens is 791 g/mol. The number of nitrogens with zero attached hydrogens (tertiary/aromatic N) is 1. The number of rotatable bonds is 3. The molecule has 2 heterocycles. The molecule has 0 saturated carbocycles. The van der Waals surface area contributed by atoms with E-state index in [1.807, 2.05) is 11.3 Å². The largest absolute Gasteiger partial charge is 0.248 e. The van der Waals surface area contributed by atoms with Crippen LogP contribution < -0.4 is 0 Å². The van der Waals surface area contributed by atoms with E-state index >= 15 is 0 Å². The number of thiophene rings is 1. The topological polar surface area (TPSA) is 12.9 Å². The summed E-state index contributed by atoms with van der Waals surface area (Å²) in [5.74, 6) is 0.271. The molecule has 302 valence electrons. The molecule has 0 fully saturated rings. The highest BCUT2D eigenvalue weighted by molar-refractivity contribution is 7.26. The van der Waals surface area contributed by atoms with Crippen molar-refractivity contribution in [1.82, 2.24) is 4.98 Å². The van der Waals surface area contributed by atoms with Crippen molar-refractivity contribution in [3.05, 3.63) is 234 Å². The number of allylic oxidation sites excluding steroid dienone is 4. The second kappa shape index (κ2) is 12.7. The highest BCUT2D eigenvalue weighted by Gasteiger charge is 2.63. The Kier molecular flexibility index (Phi) is 7.24. The van der Waals surface area contributed by atoms with Gasteiger partial charge in [-0.15, -0.1) is 11.3 Å². The Bertz CT molecular complexity index is 3730. The van der Waals surface area contributed by atoms with Crippen molar-refractivity contribution >= 4 is 42.4 Å². The predicted molar refractivity (Wildman–Crippen MR) is 269 cm³/mol. The molecule has 0 aliphatic heterocycles. The van der Waals surface area contributed by atoms with E-state index in [4.69, 9.17) is 4.98 Å². The van der Waals surface area contributed by atoms with Crippen LogP contribution in [0, 0.1) is 5.41 Å². The average molecular weight is 834 g/mol. The molecule has 0 N–H and O–H groups in total. The van der Waals surface area contributed by atoms with Gasteiger partial charge in [-0.3, -0.25) is 0 Å². The lowest BCUT2D eigenvalue weighted by atomic mass is 9.56. The van der Waals surface area contributed by atoms with E-state index < -0.39 is 0 Å². The van der Waals surface area contributed by atoms with Gasteiger partial charge in [-0.2, -0.15) is 0 Å². The van der Waals surface area contributed by atoms with Crippen molar-refractivity contribution in [1.29, 1.82) is 0 Å². The van der Waals surface area contributed by atoms with Gasteiger partial charge in [0.05, 0.1) is 16.6 Å². The van der Waals surface area contributed by atoms with Crippen LogP contribution in [0.15, 0.2) is 200 Å². The van der Waals surface area contributed by atoms with Gasteiger partial charge in [0.2, 0.25) is 0 Å². The van der Waals surface area contributed by atoms with E-state index in [2.05, 4.69) is 221 Å². The van der Waals surface area contributed by atoms with Crippen LogP contribution in [0.3, 0.4) is 0 Å². The summed E-state index contributed by atoms with van der Waals surface area (Å²) >= 11 is 1.95. The van der Waals surface area contributed by atoms with Crippen LogP contribution in [0.4, 0.5) is 0 Å². The van der Waals surface area contributed by atoms with Crippen LogP contribution in [-0.2, 0) is 10.8 Å². The lowest BCUT2D eigenvalue weighted by Crippen LogP contribution is -2.42. The van der Waals surface area contributed by atoms with Gasteiger partial charge in [-0.05, 0) is 103 Å². The Morgan fingerprint density at radius 3 is 2.05 bits per heavy atom. The second-order valence-electron chi connectivity index (χ2n) is 19.1. The Morgan fingerprint density at radius 2 is 1.16 bits per heavy atom. The molecule has 1 spiro atoms. The molecule has 14 rings (SSSR count). The highest BCUT2D eigenvalue weighted by Crippen LogP contribution is 2.72. The Balaban J connectivity index is 0.916. The summed E-state index contributed by atoms with van der Waals surface area (Å²) in [5, 5.41) is 3.87. The van der Waals surface area contributed by atoms with Crippen LogP contribution >= 0.6 is 11.3 Å². The minimum Gasteiger partial charge on any atom is -0.248 e. The first-order valence-corrected chi connectivity index (χ1v) is 23.5.